The van der Waals surface area contributed by atoms with Gasteiger partial charge < -0.3 is 9.64 Å². The molecule has 3 aromatic rings. The van der Waals surface area contributed by atoms with Crippen LogP contribution in [0.15, 0.2) is 54.6 Å². The van der Waals surface area contributed by atoms with Gasteiger partial charge in [-0.3, -0.25) is 0 Å². The molecule has 3 nitrogen and oxygen atoms in total. The van der Waals surface area contributed by atoms with Gasteiger partial charge in [-0.25, -0.2) is 13.2 Å². The van der Waals surface area contributed by atoms with E-state index in [9.17, 15) is 18.4 Å². The van der Waals surface area contributed by atoms with Crippen molar-refractivity contribution in [2.75, 3.05) is 19.1 Å². The van der Waals surface area contributed by atoms with Gasteiger partial charge in [0, 0.05) is 7.05 Å². The standard InChI is InChI=1S/C21H15F3N2O/c1-26(21-16(12-25)20(27-2)9-8-18(21)24)19-11-14(6-7-17(19)23)13-4-3-5-15(22)10-13/h3-11H,1-2H3. The van der Waals surface area contributed by atoms with Crippen molar-refractivity contribution in [3.8, 4) is 22.9 Å². The minimum absolute atomic E-state index is 0.0421. The number of rotatable bonds is 4. The summed E-state index contributed by atoms with van der Waals surface area (Å²) in [6.45, 7) is 0. The highest BCUT2D eigenvalue weighted by atomic mass is 19.1. The van der Waals surface area contributed by atoms with Gasteiger partial charge in [-0.2, -0.15) is 5.26 Å². The second-order valence-corrected chi connectivity index (χ2v) is 5.82. The van der Waals surface area contributed by atoms with Crippen molar-refractivity contribution in [3.05, 3.63) is 77.6 Å². The number of halogens is 3. The van der Waals surface area contributed by atoms with Gasteiger partial charge in [-0.05, 0) is 47.5 Å². The molecule has 0 aliphatic rings. The van der Waals surface area contributed by atoms with Crippen molar-refractivity contribution in [1.29, 1.82) is 5.26 Å². The van der Waals surface area contributed by atoms with Crippen LogP contribution in [-0.2, 0) is 0 Å². The van der Waals surface area contributed by atoms with Gasteiger partial charge in [0.05, 0.1) is 18.5 Å². The molecule has 0 aliphatic heterocycles. The first kappa shape index (κ1) is 18.3. The van der Waals surface area contributed by atoms with Crippen molar-refractivity contribution in [3.63, 3.8) is 0 Å². The predicted molar refractivity (Wildman–Crippen MR) is 97.5 cm³/mol. The second-order valence-electron chi connectivity index (χ2n) is 5.82. The topological polar surface area (TPSA) is 36.3 Å². The fourth-order valence-corrected chi connectivity index (χ4v) is 2.89. The van der Waals surface area contributed by atoms with E-state index in [0.29, 0.717) is 11.1 Å². The zero-order chi connectivity index (χ0) is 19.6. The zero-order valence-corrected chi connectivity index (χ0v) is 14.6. The van der Waals surface area contributed by atoms with Gasteiger partial charge in [-0.1, -0.05) is 18.2 Å². The molecule has 0 radical (unpaired) electrons. The van der Waals surface area contributed by atoms with Crippen molar-refractivity contribution >= 4 is 11.4 Å². The van der Waals surface area contributed by atoms with Crippen molar-refractivity contribution in [2.45, 2.75) is 0 Å². The molecule has 3 aromatic carbocycles. The van der Waals surface area contributed by atoms with E-state index in [1.54, 1.807) is 12.1 Å². The summed E-state index contributed by atoms with van der Waals surface area (Å²) in [5.41, 5.74) is 0.999. The first-order valence-electron chi connectivity index (χ1n) is 8.02. The fraction of sp³-hybridized carbons (Fsp3) is 0.0952. The van der Waals surface area contributed by atoms with Gasteiger partial charge >= 0.3 is 0 Å². The Kier molecular flexibility index (Phi) is 5.04. The van der Waals surface area contributed by atoms with Crippen LogP contribution in [0.25, 0.3) is 11.1 Å². The third-order valence-corrected chi connectivity index (χ3v) is 4.22. The van der Waals surface area contributed by atoms with E-state index < -0.39 is 17.5 Å². The van der Waals surface area contributed by atoms with E-state index in [1.165, 1.54) is 55.5 Å². The van der Waals surface area contributed by atoms with Crippen LogP contribution in [0.1, 0.15) is 5.56 Å². The molecule has 0 fully saturated rings. The number of methoxy groups -OCH3 is 1. The maximum atomic E-state index is 14.5. The lowest BCUT2D eigenvalue weighted by Gasteiger charge is -2.23. The van der Waals surface area contributed by atoms with E-state index in [4.69, 9.17) is 4.74 Å². The van der Waals surface area contributed by atoms with Gasteiger partial charge in [-0.15, -0.1) is 0 Å². The van der Waals surface area contributed by atoms with E-state index in [2.05, 4.69) is 0 Å². The summed E-state index contributed by atoms with van der Waals surface area (Å²) >= 11 is 0. The number of nitrogens with zero attached hydrogens (tertiary/aromatic N) is 2. The van der Waals surface area contributed by atoms with Crippen LogP contribution in [-0.4, -0.2) is 14.2 Å². The largest absolute Gasteiger partial charge is 0.495 e. The SMILES string of the molecule is COc1ccc(F)c(N(C)c2cc(-c3cccc(F)c3)ccc2F)c1C#N. The van der Waals surface area contributed by atoms with Crippen LogP contribution in [0.5, 0.6) is 5.75 Å². The molecule has 0 atom stereocenters. The smallest absolute Gasteiger partial charge is 0.148 e. The van der Waals surface area contributed by atoms with Crippen LogP contribution in [0, 0.1) is 28.8 Å². The Labute approximate surface area is 154 Å². The van der Waals surface area contributed by atoms with E-state index >= 15 is 0 Å². The lowest BCUT2D eigenvalue weighted by atomic mass is 10.0. The van der Waals surface area contributed by atoms with E-state index in [0.717, 1.165) is 6.07 Å². The minimum Gasteiger partial charge on any atom is -0.495 e. The molecule has 0 unspecified atom stereocenters. The Morgan fingerprint density at radius 2 is 1.63 bits per heavy atom. The number of anilines is 2. The molecule has 136 valence electrons. The molecule has 0 saturated heterocycles. The van der Waals surface area contributed by atoms with Crippen LogP contribution in [0.2, 0.25) is 0 Å². The third kappa shape index (κ3) is 3.44. The van der Waals surface area contributed by atoms with Crippen molar-refractivity contribution in [1.82, 2.24) is 0 Å². The van der Waals surface area contributed by atoms with Crippen LogP contribution < -0.4 is 9.64 Å². The molecule has 0 heterocycles. The van der Waals surface area contributed by atoms with Crippen LogP contribution >= 0.6 is 0 Å². The number of hydrogen-bond acceptors (Lipinski definition) is 3. The van der Waals surface area contributed by atoms with Gasteiger partial charge in [0.2, 0.25) is 0 Å². The highest BCUT2D eigenvalue weighted by Crippen LogP contribution is 2.37. The number of benzene rings is 3. The highest BCUT2D eigenvalue weighted by Gasteiger charge is 2.21. The quantitative estimate of drug-likeness (QED) is 0.617. The Balaban J connectivity index is 2.15. The maximum absolute atomic E-state index is 14.5. The summed E-state index contributed by atoms with van der Waals surface area (Å²) in [5.74, 6) is -1.53. The summed E-state index contributed by atoms with van der Waals surface area (Å²) in [6.07, 6.45) is 0. The van der Waals surface area contributed by atoms with E-state index in [1.807, 2.05) is 6.07 Å². The molecule has 0 saturated carbocycles. The van der Waals surface area contributed by atoms with Crippen LogP contribution in [0.3, 0.4) is 0 Å². The van der Waals surface area contributed by atoms with Crippen molar-refractivity contribution in [2.24, 2.45) is 0 Å². The average Bonchev–Trinajstić information content (AvgIpc) is 2.67. The zero-order valence-electron chi connectivity index (χ0n) is 14.6. The summed E-state index contributed by atoms with van der Waals surface area (Å²) in [6, 6.07) is 14.5. The molecule has 3 rings (SSSR count). The Bertz CT molecular complexity index is 1040. The molecule has 6 heteroatoms. The van der Waals surface area contributed by atoms with Gasteiger partial charge in [0.25, 0.3) is 0 Å². The first-order chi connectivity index (χ1) is 13.0. The molecular formula is C21H15F3N2O. The summed E-state index contributed by atoms with van der Waals surface area (Å²) < 4.78 is 47.6. The number of ether oxygens (including phenoxy) is 1. The van der Waals surface area contributed by atoms with Crippen molar-refractivity contribution < 1.29 is 17.9 Å². The molecular weight excluding hydrogens is 353 g/mol. The minimum atomic E-state index is -0.689. The average molecular weight is 368 g/mol. The predicted octanol–water partition coefficient (Wildman–Crippen LogP) is 5.42. The Morgan fingerprint density at radius 3 is 2.30 bits per heavy atom. The lowest BCUT2D eigenvalue weighted by Crippen LogP contribution is -2.15. The highest BCUT2D eigenvalue weighted by molar-refractivity contribution is 5.76. The fourth-order valence-electron chi connectivity index (χ4n) is 2.89. The molecule has 0 bridgehead atoms. The third-order valence-electron chi connectivity index (χ3n) is 4.22. The number of nitriles is 1. The molecule has 0 amide bonds. The normalized spacial score (nSPS) is 10.4. The number of hydrogen-bond donors (Lipinski definition) is 0. The maximum Gasteiger partial charge on any atom is 0.148 e. The molecule has 0 N–H and O–H groups in total. The Morgan fingerprint density at radius 1 is 0.926 bits per heavy atom. The van der Waals surface area contributed by atoms with Gasteiger partial charge in [0.15, 0.2) is 0 Å². The summed E-state index contributed by atoms with van der Waals surface area (Å²) in [4.78, 5) is 1.24. The molecule has 0 spiro atoms. The van der Waals surface area contributed by atoms with Gasteiger partial charge in [0.1, 0.15) is 34.8 Å². The first-order valence-corrected chi connectivity index (χ1v) is 8.02. The lowest BCUT2D eigenvalue weighted by molar-refractivity contribution is 0.412. The second kappa shape index (κ2) is 7.42. The monoisotopic (exact) mass is 368 g/mol. The summed E-state index contributed by atoms with van der Waals surface area (Å²) in [7, 11) is 2.81. The van der Waals surface area contributed by atoms with E-state index in [-0.39, 0.29) is 22.7 Å². The molecule has 0 aromatic heterocycles. The molecule has 27 heavy (non-hydrogen) atoms. The van der Waals surface area contributed by atoms with Crippen LogP contribution in [0.4, 0.5) is 24.5 Å². The molecule has 0 aliphatic carbocycles. The Hall–Kier alpha value is -3.46. The summed E-state index contributed by atoms with van der Waals surface area (Å²) in [5, 5.41) is 9.42.